The van der Waals surface area contributed by atoms with Crippen LogP contribution in [0.5, 0.6) is 17.2 Å². The predicted molar refractivity (Wildman–Crippen MR) is 197 cm³/mol. The smallest absolute Gasteiger partial charge is 0.537 e. The van der Waals surface area contributed by atoms with Gasteiger partial charge in [0.1, 0.15) is 11.6 Å². The van der Waals surface area contributed by atoms with E-state index in [0.717, 1.165) is 44.5 Å². The van der Waals surface area contributed by atoms with Crippen LogP contribution in [-0.2, 0) is 21.1 Å². The van der Waals surface area contributed by atoms with Gasteiger partial charge in [0, 0.05) is 23.2 Å². The monoisotopic (exact) mass is 820 g/mol. The van der Waals surface area contributed by atoms with Crippen LogP contribution in [0, 0.1) is 12.1 Å². The molecule has 5 nitrogen and oxygen atoms in total. The van der Waals surface area contributed by atoms with Gasteiger partial charge in [-0.2, -0.15) is 18.2 Å². The van der Waals surface area contributed by atoms with Crippen molar-refractivity contribution in [1.29, 1.82) is 0 Å². The molecular formula is C42H36BN3O2Pt. The van der Waals surface area contributed by atoms with Crippen molar-refractivity contribution in [2.45, 2.75) is 39.5 Å². The van der Waals surface area contributed by atoms with Crippen LogP contribution in [-0.4, -0.2) is 23.6 Å². The number of hydrogen-bond donors (Lipinski definition) is 0. The fourth-order valence-corrected chi connectivity index (χ4v) is 6.99. The van der Waals surface area contributed by atoms with Crippen molar-refractivity contribution < 1.29 is 30.5 Å². The molecule has 244 valence electrons. The van der Waals surface area contributed by atoms with E-state index in [4.69, 9.17) is 14.4 Å². The molecule has 0 radical (unpaired) electrons. The summed E-state index contributed by atoms with van der Waals surface area (Å²) in [5, 5.41) is 2.23. The summed E-state index contributed by atoms with van der Waals surface area (Å²) < 4.78 is 14.9. The van der Waals surface area contributed by atoms with Gasteiger partial charge in [-0.3, -0.25) is 0 Å². The van der Waals surface area contributed by atoms with E-state index in [1.165, 1.54) is 22.3 Å². The Labute approximate surface area is 302 Å². The Bertz CT molecular complexity index is 2290. The Balaban J connectivity index is 0.00000378. The first-order valence-corrected chi connectivity index (χ1v) is 16.6. The van der Waals surface area contributed by atoms with Crippen molar-refractivity contribution in [2.24, 2.45) is 0 Å². The zero-order valence-corrected chi connectivity index (χ0v) is 30.4. The van der Waals surface area contributed by atoms with Crippen LogP contribution in [0.1, 0.15) is 50.7 Å². The van der Waals surface area contributed by atoms with Gasteiger partial charge in [0.25, 0.3) is 0 Å². The van der Waals surface area contributed by atoms with Crippen molar-refractivity contribution in [3.63, 3.8) is 0 Å². The SMILES string of the molecule is CC(C)c1cccc(C(C)C)c1-c1ccnc(-n2c3[c-]c(Oc4[c-]c(B5Oc6ccccc6N5C)ccc4)ccc3c3ccccc32)c1.[Pt+2]. The molecule has 0 saturated heterocycles. The molecule has 3 heterocycles. The number of para-hydroxylation sites is 3. The van der Waals surface area contributed by atoms with Crippen LogP contribution in [0.4, 0.5) is 5.69 Å². The molecule has 7 heteroatoms. The van der Waals surface area contributed by atoms with E-state index >= 15 is 0 Å². The first-order valence-electron chi connectivity index (χ1n) is 16.6. The van der Waals surface area contributed by atoms with Crippen LogP contribution in [0.3, 0.4) is 0 Å². The first kappa shape index (κ1) is 32.7. The predicted octanol–water partition coefficient (Wildman–Crippen LogP) is 9.71. The second-order valence-electron chi connectivity index (χ2n) is 13.1. The van der Waals surface area contributed by atoms with Gasteiger partial charge in [-0.15, -0.1) is 35.1 Å². The molecule has 0 saturated carbocycles. The Morgan fingerprint density at radius 2 is 1.45 bits per heavy atom. The first-order chi connectivity index (χ1) is 23.4. The molecular weight excluding hydrogens is 784 g/mol. The summed E-state index contributed by atoms with van der Waals surface area (Å²) in [5.74, 6) is 3.69. The van der Waals surface area contributed by atoms with E-state index in [-0.39, 0.29) is 28.1 Å². The molecule has 5 aromatic carbocycles. The summed E-state index contributed by atoms with van der Waals surface area (Å²) >= 11 is 0. The third kappa shape index (κ3) is 5.83. The number of ether oxygens (including phenoxy) is 1. The summed E-state index contributed by atoms with van der Waals surface area (Å²) in [7, 11) is 1.75. The molecule has 0 spiro atoms. The second-order valence-corrected chi connectivity index (χ2v) is 13.1. The zero-order valence-electron chi connectivity index (χ0n) is 28.2. The third-order valence-corrected chi connectivity index (χ3v) is 9.31. The Morgan fingerprint density at radius 1 is 0.735 bits per heavy atom. The fourth-order valence-electron chi connectivity index (χ4n) is 6.99. The average molecular weight is 821 g/mol. The normalized spacial score (nSPS) is 12.5. The van der Waals surface area contributed by atoms with Gasteiger partial charge in [-0.05, 0) is 76.9 Å². The molecule has 49 heavy (non-hydrogen) atoms. The Kier molecular flexibility index (Phi) is 8.85. The van der Waals surface area contributed by atoms with Crippen LogP contribution >= 0.6 is 0 Å². The molecule has 7 aromatic rings. The fraction of sp³-hybridized carbons (Fsp3) is 0.167. The minimum Gasteiger partial charge on any atom is -0.537 e. The maximum Gasteiger partial charge on any atom is 2.00 e. The number of anilines is 1. The van der Waals surface area contributed by atoms with Crippen molar-refractivity contribution in [1.82, 2.24) is 9.55 Å². The largest absolute Gasteiger partial charge is 2.00 e. The van der Waals surface area contributed by atoms with Gasteiger partial charge >= 0.3 is 28.1 Å². The van der Waals surface area contributed by atoms with E-state index in [1.54, 1.807) is 0 Å². The van der Waals surface area contributed by atoms with Gasteiger partial charge in [-0.1, -0.05) is 81.7 Å². The molecule has 0 N–H and O–H groups in total. The van der Waals surface area contributed by atoms with Crippen LogP contribution in [0.15, 0.2) is 115 Å². The van der Waals surface area contributed by atoms with Crippen molar-refractivity contribution in [2.75, 3.05) is 11.9 Å². The van der Waals surface area contributed by atoms with E-state index < -0.39 is 0 Å². The van der Waals surface area contributed by atoms with E-state index in [9.17, 15) is 0 Å². The number of aromatic nitrogens is 2. The minimum atomic E-state index is -0.282. The molecule has 0 aliphatic carbocycles. The Morgan fingerprint density at radius 3 is 2.22 bits per heavy atom. The molecule has 0 atom stereocenters. The summed E-state index contributed by atoms with van der Waals surface area (Å²) in [4.78, 5) is 7.05. The van der Waals surface area contributed by atoms with Crippen LogP contribution < -0.4 is 19.7 Å². The van der Waals surface area contributed by atoms with E-state index in [1.807, 2.05) is 55.7 Å². The molecule has 0 unspecified atom stereocenters. The van der Waals surface area contributed by atoms with Crippen LogP contribution in [0.2, 0.25) is 0 Å². The molecule has 2 aromatic heterocycles. The molecule has 0 fully saturated rings. The van der Waals surface area contributed by atoms with Crippen molar-refractivity contribution in [3.05, 3.63) is 139 Å². The van der Waals surface area contributed by atoms with Gasteiger partial charge in [0.15, 0.2) is 0 Å². The third-order valence-electron chi connectivity index (χ3n) is 9.31. The number of benzene rings is 5. The molecule has 0 bridgehead atoms. The minimum absolute atomic E-state index is 0. The number of nitrogens with zero attached hydrogens (tertiary/aromatic N) is 3. The summed E-state index contributed by atoms with van der Waals surface area (Å²) in [6, 6.07) is 44.6. The standard InChI is InChI=1S/C42H36BN3O2.Pt/c1-27(2)33-15-11-16-34(28(3)4)42(33)29-22-23-44-41(24-29)46-37-17-7-6-14-35(37)36-21-20-32(26-39(36)46)47-31-13-10-12-30(25-31)43-45(5)38-18-8-9-19-40(38)48-43;/h6-24,27-28H,1-5H3;/q-2;+2. The van der Waals surface area contributed by atoms with Crippen molar-refractivity contribution >= 4 is 40.0 Å². The summed E-state index contributed by atoms with van der Waals surface area (Å²) in [6.07, 6.45) is 1.92. The average Bonchev–Trinajstić information content (AvgIpc) is 3.62. The topological polar surface area (TPSA) is 39.5 Å². The van der Waals surface area contributed by atoms with Gasteiger partial charge in [0.2, 0.25) is 0 Å². The maximum atomic E-state index is 6.44. The summed E-state index contributed by atoms with van der Waals surface area (Å²) in [6.45, 7) is 9.05. The van der Waals surface area contributed by atoms with E-state index in [2.05, 4.69) is 116 Å². The van der Waals surface area contributed by atoms with E-state index in [0.29, 0.717) is 23.3 Å². The number of pyridine rings is 1. The van der Waals surface area contributed by atoms with Crippen molar-refractivity contribution in [3.8, 4) is 34.2 Å². The number of hydrogen-bond acceptors (Lipinski definition) is 4. The van der Waals surface area contributed by atoms with Gasteiger partial charge < -0.3 is 18.8 Å². The molecule has 8 rings (SSSR count). The van der Waals surface area contributed by atoms with Gasteiger partial charge in [-0.25, -0.2) is 4.98 Å². The van der Waals surface area contributed by atoms with Gasteiger partial charge in [0.05, 0.1) is 5.69 Å². The number of fused-ring (bicyclic) bond motifs is 4. The number of rotatable bonds is 7. The summed E-state index contributed by atoms with van der Waals surface area (Å²) in [5.41, 5.74) is 9.09. The molecule has 1 aliphatic heterocycles. The quantitative estimate of drug-likeness (QED) is 0.119. The maximum absolute atomic E-state index is 6.44. The molecule has 0 amide bonds. The van der Waals surface area contributed by atoms with Crippen LogP contribution in [0.25, 0.3) is 38.8 Å². The Hall–Kier alpha value is -4.80. The molecule has 1 aliphatic rings. The zero-order chi connectivity index (χ0) is 32.9. The second kappa shape index (κ2) is 13.3.